The predicted octanol–water partition coefficient (Wildman–Crippen LogP) is 4.16. The van der Waals surface area contributed by atoms with E-state index in [0.717, 1.165) is 62.7 Å². The third-order valence-corrected chi connectivity index (χ3v) is 10.1. The van der Waals surface area contributed by atoms with E-state index in [9.17, 15) is 4.79 Å². The van der Waals surface area contributed by atoms with Crippen molar-refractivity contribution in [2.24, 2.45) is 34.3 Å². The van der Waals surface area contributed by atoms with E-state index in [1.54, 1.807) is 0 Å². The topological polar surface area (TPSA) is 55.1 Å². The molecule has 1 aromatic carbocycles. The summed E-state index contributed by atoms with van der Waals surface area (Å²) >= 11 is 0. The van der Waals surface area contributed by atoms with Crippen LogP contribution in [0.3, 0.4) is 0 Å². The van der Waals surface area contributed by atoms with Gasteiger partial charge in [-0.05, 0) is 86.5 Å². The molecule has 0 aromatic heterocycles. The van der Waals surface area contributed by atoms with Crippen LogP contribution in [-0.4, -0.2) is 18.0 Å². The van der Waals surface area contributed by atoms with Gasteiger partial charge in [0.05, 0.1) is 5.41 Å². The van der Waals surface area contributed by atoms with Crippen LogP contribution in [0.15, 0.2) is 30.3 Å². The highest BCUT2D eigenvalue weighted by Crippen LogP contribution is 2.85. The Hall–Kier alpha value is -1.35. The molecule has 0 radical (unpaired) electrons. The van der Waals surface area contributed by atoms with Crippen LogP contribution in [0.4, 0.5) is 0 Å². The van der Waals surface area contributed by atoms with Crippen LogP contribution in [0, 0.1) is 28.6 Å². The van der Waals surface area contributed by atoms with E-state index in [-0.39, 0.29) is 10.8 Å². The van der Waals surface area contributed by atoms with Crippen LogP contribution < -0.4 is 11.1 Å². The van der Waals surface area contributed by atoms with Gasteiger partial charge < -0.3 is 11.1 Å². The van der Waals surface area contributed by atoms with E-state index in [0.29, 0.717) is 23.4 Å². The minimum absolute atomic E-state index is 0.127. The average Bonchev–Trinajstić information content (AvgIpc) is 2.97. The molecule has 6 rings (SSSR count). The largest absolute Gasteiger partial charge is 0.353 e. The van der Waals surface area contributed by atoms with Crippen molar-refractivity contribution in [3.05, 3.63) is 35.9 Å². The van der Waals surface area contributed by atoms with E-state index in [4.69, 9.17) is 5.73 Å². The third-order valence-electron chi connectivity index (χ3n) is 10.1. The number of hydrogen-bond acceptors (Lipinski definition) is 2. The average molecular weight is 379 g/mol. The number of nitrogens with two attached hydrogens (primary N) is 1. The van der Waals surface area contributed by atoms with Crippen molar-refractivity contribution in [3.8, 4) is 0 Å². The zero-order valence-corrected chi connectivity index (χ0v) is 17.1. The molecule has 5 aliphatic carbocycles. The summed E-state index contributed by atoms with van der Waals surface area (Å²) in [5.41, 5.74) is 8.11. The molecule has 1 spiro atoms. The first-order chi connectivity index (χ1) is 13.5. The SMILES string of the molecule is CC1C2CC3(C(=O)NC4CCC(N)CC4)CC4(c5ccccc5)CC1C4(C2)C3. The maximum Gasteiger partial charge on any atom is 0.226 e. The Labute approximate surface area is 168 Å². The fourth-order valence-corrected chi connectivity index (χ4v) is 8.90. The van der Waals surface area contributed by atoms with E-state index in [2.05, 4.69) is 42.6 Å². The smallest absolute Gasteiger partial charge is 0.226 e. The Morgan fingerprint density at radius 1 is 1.04 bits per heavy atom. The molecule has 6 atom stereocenters. The van der Waals surface area contributed by atoms with E-state index in [1.165, 1.54) is 18.4 Å². The second-order valence-electron chi connectivity index (χ2n) is 11.2. The molecule has 1 aromatic rings. The molecule has 6 unspecified atom stereocenters. The molecule has 1 amide bonds. The fraction of sp³-hybridized carbons (Fsp3) is 0.720. The Balaban J connectivity index is 1.34. The second kappa shape index (κ2) is 5.62. The second-order valence-corrected chi connectivity index (χ2v) is 11.2. The van der Waals surface area contributed by atoms with Gasteiger partial charge in [-0.25, -0.2) is 0 Å². The van der Waals surface area contributed by atoms with Crippen molar-refractivity contribution >= 4 is 5.91 Å². The van der Waals surface area contributed by atoms with Crippen LogP contribution in [0.2, 0.25) is 0 Å². The van der Waals surface area contributed by atoms with Crippen molar-refractivity contribution in [3.63, 3.8) is 0 Å². The number of carbonyl (C=O) groups excluding carboxylic acids is 1. The number of benzene rings is 1. The fourth-order valence-electron chi connectivity index (χ4n) is 8.90. The zero-order valence-electron chi connectivity index (χ0n) is 17.1. The normalized spacial score (nSPS) is 50.9. The van der Waals surface area contributed by atoms with Crippen LogP contribution >= 0.6 is 0 Å². The van der Waals surface area contributed by atoms with Crippen molar-refractivity contribution in [1.82, 2.24) is 5.32 Å². The van der Waals surface area contributed by atoms with Gasteiger partial charge in [-0.1, -0.05) is 37.3 Å². The maximum atomic E-state index is 13.7. The van der Waals surface area contributed by atoms with Gasteiger partial charge in [0.15, 0.2) is 0 Å². The lowest BCUT2D eigenvalue weighted by atomic mass is 9.43. The van der Waals surface area contributed by atoms with Gasteiger partial charge in [0.25, 0.3) is 0 Å². The highest BCUT2D eigenvalue weighted by atomic mass is 16.2. The Bertz CT molecular complexity index is 800. The van der Waals surface area contributed by atoms with E-state index < -0.39 is 0 Å². The molecule has 3 heteroatoms. The van der Waals surface area contributed by atoms with Crippen LogP contribution in [0.5, 0.6) is 0 Å². The monoisotopic (exact) mass is 378 g/mol. The molecule has 3 bridgehead atoms. The molecule has 5 aliphatic rings. The van der Waals surface area contributed by atoms with Crippen molar-refractivity contribution < 1.29 is 4.79 Å². The maximum absolute atomic E-state index is 13.7. The summed E-state index contributed by atoms with van der Waals surface area (Å²) in [6.45, 7) is 2.48. The number of nitrogens with one attached hydrogen (secondary N) is 1. The van der Waals surface area contributed by atoms with E-state index >= 15 is 0 Å². The minimum atomic E-state index is -0.127. The highest BCUT2D eigenvalue weighted by molar-refractivity contribution is 5.84. The first-order valence-electron chi connectivity index (χ1n) is 11.6. The molecule has 5 fully saturated rings. The molecule has 3 N–H and O–H groups in total. The molecule has 3 nitrogen and oxygen atoms in total. The first kappa shape index (κ1) is 17.5. The highest BCUT2D eigenvalue weighted by Gasteiger charge is 2.81. The van der Waals surface area contributed by atoms with Gasteiger partial charge in [-0.2, -0.15) is 0 Å². The van der Waals surface area contributed by atoms with Gasteiger partial charge in [-0.3, -0.25) is 4.79 Å². The third kappa shape index (κ3) is 2.02. The van der Waals surface area contributed by atoms with Gasteiger partial charge in [0.1, 0.15) is 0 Å². The Kier molecular flexibility index (Phi) is 3.51. The van der Waals surface area contributed by atoms with Crippen LogP contribution in [0.25, 0.3) is 0 Å². The van der Waals surface area contributed by atoms with Gasteiger partial charge in [-0.15, -0.1) is 0 Å². The molecule has 150 valence electrons. The predicted molar refractivity (Wildman–Crippen MR) is 111 cm³/mol. The summed E-state index contributed by atoms with van der Waals surface area (Å²) in [5, 5.41) is 3.52. The Morgan fingerprint density at radius 2 is 1.79 bits per heavy atom. The molecule has 28 heavy (non-hydrogen) atoms. The number of fused-ring (bicyclic) bond motifs is 2. The summed E-state index contributed by atoms with van der Waals surface area (Å²) in [4.78, 5) is 13.7. The summed E-state index contributed by atoms with van der Waals surface area (Å²) in [5.74, 6) is 2.76. The standard InChI is InChI=1S/C25H34N2O/c1-16-17-11-23(22(28)27-20-9-7-19(26)8-10-20)14-24(18-5-3-2-4-6-18)13-21(16)25(24,12-17)15-23/h2-6,16-17,19-21H,7-15,26H2,1H3,(H,27,28). The molecule has 0 aliphatic heterocycles. The van der Waals surface area contributed by atoms with Crippen LogP contribution in [0.1, 0.15) is 70.3 Å². The van der Waals surface area contributed by atoms with Gasteiger partial charge in [0.2, 0.25) is 5.91 Å². The number of carbonyl (C=O) groups is 1. The van der Waals surface area contributed by atoms with Gasteiger partial charge >= 0.3 is 0 Å². The minimum Gasteiger partial charge on any atom is -0.353 e. The lowest BCUT2D eigenvalue weighted by molar-refractivity contribution is -0.134. The lowest BCUT2D eigenvalue weighted by Gasteiger charge is -2.60. The molecular formula is C25H34N2O. The van der Waals surface area contributed by atoms with E-state index in [1.807, 2.05) is 0 Å². The summed E-state index contributed by atoms with van der Waals surface area (Å²) in [6.07, 6.45) is 10.2. The molecule has 0 heterocycles. The summed E-state index contributed by atoms with van der Waals surface area (Å²) < 4.78 is 0. The molecule has 0 saturated heterocycles. The molecular weight excluding hydrogens is 344 g/mol. The van der Waals surface area contributed by atoms with Crippen molar-refractivity contribution in [1.29, 1.82) is 0 Å². The quantitative estimate of drug-likeness (QED) is 0.830. The number of hydrogen-bond donors (Lipinski definition) is 2. The first-order valence-corrected chi connectivity index (χ1v) is 11.6. The van der Waals surface area contributed by atoms with Crippen molar-refractivity contribution in [2.75, 3.05) is 0 Å². The number of amides is 1. The molecule has 5 saturated carbocycles. The summed E-state index contributed by atoms with van der Waals surface area (Å²) in [7, 11) is 0. The lowest BCUT2D eigenvalue weighted by Crippen LogP contribution is -2.56. The Morgan fingerprint density at radius 3 is 2.54 bits per heavy atom. The summed E-state index contributed by atoms with van der Waals surface area (Å²) in [6, 6.07) is 11.9. The number of rotatable bonds is 3. The van der Waals surface area contributed by atoms with Gasteiger partial charge in [0, 0.05) is 17.5 Å². The van der Waals surface area contributed by atoms with Crippen molar-refractivity contribution in [2.45, 2.75) is 82.2 Å². The zero-order chi connectivity index (χ0) is 19.1. The van der Waals surface area contributed by atoms with Crippen LogP contribution in [-0.2, 0) is 10.2 Å².